The van der Waals surface area contributed by atoms with Crippen LogP contribution in [0.2, 0.25) is 30.4 Å². The smallest absolute Gasteiger partial charge is 0.870 e. The summed E-state index contributed by atoms with van der Waals surface area (Å²) < 4.78 is 36.1. The minimum Gasteiger partial charge on any atom is -0.870 e. The summed E-state index contributed by atoms with van der Waals surface area (Å²) in [5.74, 6) is -0.448. The van der Waals surface area contributed by atoms with Gasteiger partial charge in [0.05, 0.1) is 116 Å². The Morgan fingerprint density at radius 3 is 1.28 bits per heavy atom. The number of aromatic carboxylic acids is 2. The summed E-state index contributed by atoms with van der Waals surface area (Å²) in [5.41, 5.74) is 13.0. The molecule has 25 nitrogen and oxygen atoms in total. The van der Waals surface area contributed by atoms with Crippen LogP contribution in [0.15, 0.2) is 132 Å². The number of nitrogens with zero attached hydrogens (tertiary/aromatic N) is 5. The van der Waals surface area contributed by atoms with Crippen LogP contribution in [-0.4, -0.2) is 127 Å². The first kappa shape index (κ1) is 93.2. The van der Waals surface area contributed by atoms with Crippen LogP contribution in [0.1, 0.15) is 105 Å². The number of esters is 3. The van der Waals surface area contributed by atoms with Crippen molar-refractivity contribution in [3.05, 3.63) is 219 Å². The zero-order valence-electron chi connectivity index (χ0n) is 60.0. The number of aryl methyl sites for hydroxylation is 5. The number of carboxylic acid groups (broad SMARTS) is 2. The van der Waals surface area contributed by atoms with Gasteiger partial charge >= 0.3 is 48.7 Å². The zero-order valence-corrected chi connectivity index (χ0v) is 66.7. The fraction of sp³-hybridized carbons (Fsp3) is 0.247. The molecule has 0 aliphatic carbocycles. The van der Waals surface area contributed by atoms with Crippen molar-refractivity contribution in [2.45, 2.75) is 69.2 Å². The molecular weight excluding hydrogens is 1610 g/mol. The Labute approximate surface area is 668 Å². The fourth-order valence-electron chi connectivity index (χ4n) is 8.55. The molecule has 106 heavy (non-hydrogen) atoms. The predicted molar refractivity (Wildman–Crippen MR) is 420 cm³/mol. The first-order chi connectivity index (χ1) is 49.5. The number of alkyl halides is 1. The van der Waals surface area contributed by atoms with Gasteiger partial charge in [0, 0.05) is 28.5 Å². The van der Waals surface area contributed by atoms with E-state index >= 15 is 0 Å². The first-order valence-corrected chi connectivity index (χ1v) is 35.2. The molecule has 0 spiro atoms. The first-order valence-electron chi connectivity index (χ1n) is 31.4. The van der Waals surface area contributed by atoms with Gasteiger partial charge in [-0.1, -0.05) is 110 Å². The van der Waals surface area contributed by atoms with Gasteiger partial charge in [-0.2, -0.15) is 0 Å². The maximum atomic E-state index is 12.5. The third kappa shape index (κ3) is 28.4. The number of benzene rings is 4. The number of ether oxygens (including phenoxy) is 7. The van der Waals surface area contributed by atoms with E-state index in [2.05, 4.69) is 50.0 Å². The molecule has 0 aliphatic heterocycles. The fourth-order valence-corrected chi connectivity index (χ4v) is 10.2. The van der Waals surface area contributed by atoms with Crippen molar-refractivity contribution >= 4 is 173 Å². The van der Waals surface area contributed by atoms with Gasteiger partial charge < -0.3 is 70.2 Å². The molecule has 0 atom stereocenters. The molecule has 6 heterocycles. The molecule has 0 saturated heterocycles. The van der Waals surface area contributed by atoms with Crippen molar-refractivity contribution in [1.82, 2.24) is 29.9 Å². The molecule has 0 radical (unpaired) electrons. The van der Waals surface area contributed by atoms with Crippen LogP contribution in [0, 0.1) is 34.6 Å². The van der Waals surface area contributed by atoms with Crippen molar-refractivity contribution in [1.29, 1.82) is 0 Å². The van der Waals surface area contributed by atoms with Gasteiger partial charge in [-0.05, 0) is 178 Å². The van der Waals surface area contributed by atoms with Gasteiger partial charge in [0.15, 0.2) is 28.4 Å². The molecule has 0 unspecified atom stereocenters. The second-order valence-corrected chi connectivity index (χ2v) is 23.9. The number of carboxylic acids is 2. The maximum Gasteiger partial charge on any atom is 1.00 e. The largest absolute Gasteiger partial charge is 1.00 e. The molecule has 10 rings (SSSR count). The number of aromatic amines is 1. The second-order valence-electron chi connectivity index (χ2n) is 20.8. The Morgan fingerprint density at radius 2 is 0.849 bits per heavy atom. The SMILES string of the molecule is CCOC(=O)CI.CCOc1c(Cl)ccc2c(=O)c3ccc(C)nc3[nH]c12.CCOc1c(Cl)cccc1Nc1nc(C)ccc1C(=O)O.CCOc1c(Cl)cccc1Nc1nc(C)ccc1C(=O)OC.CCOc1c(N)cccc1Cl.COC(=O)c1ccc(C)nc1Cl.Cc1ccc(C(=O)O)c(Cl)n1.[Li+].[OH-]. The molecule has 560 valence electrons. The Morgan fingerprint density at radius 1 is 0.472 bits per heavy atom. The summed E-state index contributed by atoms with van der Waals surface area (Å²) in [6.45, 7) is 20.8. The number of nitrogens with two attached hydrogens (primary N) is 1. The van der Waals surface area contributed by atoms with E-state index in [1.807, 2.05) is 76.3 Å². The number of methoxy groups -OCH3 is 2. The Kier molecular flexibility index (Phi) is 41.8. The average molecular weight is 1680 g/mol. The predicted octanol–water partition coefficient (Wildman–Crippen LogP) is 15.0. The van der Waals surface area contributed by atoms with Gasteiger partial charge in [-0.25, -0.2) is 44.1 Å². The molecule has 0 saturated carbocycles. The van der Waals surface area contributed by atoms with Crippen LogP contribution < -0.4 is 59.6 Å². The quantitative estimate of drug-likeness (QED) is 0.00679. The van der Waals surface area contributed by atoms with Gasteiger partial charge in [0.1, 0.15) is 38.7 Å². The van der Waals surface area contributed by atoms with Crippen LogP contribution in [-0.2, 0) is 19.0 Å². The number of anilines is 5. The summed E-state index contributed by atoms with van der Waals surface area (Å²) in [7, 11) is 2.63. The summed E-state index contributed by atoms with van der Waals surface area (Å²) in [6.07, 6.45) is 0. The van der Waals surface area contributed by atoms with Gasteiger partial charge in [0.25, 0.3) is 0 Å². The summed E-state index contributed by atoms with van der Waals surface area (Å²) in [5, 5.41) is 27.2. The van der Waals surface area contributed by atoms with Gasteiger partial charge in [-0.3, -0.25) is 9.59 Å². The van der Waals surface area contributed by atoms with E-state index in [0.29, 0.717) is 148 Å². The van der Waals surface area contributed by atoms with Crippen LogP contribution in [0.3, 0.4) is 0 Å². The van der Waals surface area contributed by atoms with Crippen LogP contribution in [0.5, 0.6) is 23.0 Å². The maximum absolute atomic E-state index is 12.5. The molecule has 0 amide bonds. The third-order valence-electron chi connectivity index (χ3n) is 13.2. The van der Waals surface area contributed by atoms with E-state index in [9.17, 15) is 33.9 Å². The van der Waals surface area contributed by atoms with Crippen molar-refractivity contribution < 1.29 is 91.7 Å². The number of fused-ring (bicyclic) bond motifs is 2. The molecular formula is C73H77Cl6ILiN9O16. The number of rotatable bonds is 18. The minimum absolute atomic E-state index is 0. The van der Waals surface area contributed by atoms with E-state index in [1.165, 1.54) is 26.4 Å². The van der Waals surface area contributed by atoms with Crippen molar-refractivity contribution in [2.75, 3.05) is 68.0 Å². The molecule has 0 aliphatic rings. The number of hydrogen-bond acceptors (Lipinski definition) is 22. The summed E-state index contributed by atoms with van der Waals surface area (Å²) in [6, 6.07) is 35.8. The number of nitrogens with one attached hydrogen (secondary N) is 3. The number of nitrogen functional groups attached to an aromatic ring is 1. The number of carbonyl (C=O) groups excluding carboxylic acids is 3. The molecule has 6 aromatic heterocycles. The normalized spacial score (nSPS) is 9.88. The molecule has 8 N–H and O–H groups in total. The van der Waals surface area contributed by atoms with Crippen molar-refractivity contribution in [3.8, 4) is 23.0 Å². The minimum atomic E-state index is -1.05. The number of halogens is 7. The van der Waals surface area contributed by atoms with Crippen molar-refractivity contribution in [2.24, 2.45) is 0 Å². The summed E-state index contributed by atoms with van der Waals surface area (Å²) in [4.78, 5) is 91.0. The van der Waals surface area contributed by atoms with E-state index in [4.69, 9.17) is 104 Å². The second kappa shape index (κ2) is 47.6. The molecule has 33 heteroatoms. The molecule has 0 fully saturated rings. The van der Waals surface area contributed by atoms with Crippen LogP contribution in [0.4, 0.5) is 28.7 Å². The Hall–Kier alpha value is -8.92. The van der Waals surface area contributed by atoms with E-state index < -0.39 is 23.9 Å². The number of hydrogen-bond donors (Lipinski definition) is 6. The topological polar surface area (TPSA) is 368 Å². The zero-order chi connectivity index (χ0) is 77.3. The number of pyridine rings is 6. The Balaban J connectivity index is 0.000000431. The van der Waals surface area contributed by atoms with Gasteiger partial charge in [0.2, 0.25) is 0 Å². The van der Waals surface area contributed by atoms with E-state index in [-0.39, 0.29) is 63.0 Å². The number of H-pyrrole nitrogens is 1. The molecule has 4 aromatic carbocycles. The average Bonchev–Trinajstić information content (AvgIpc) is 0.762. The van der Waals surface area contributed by atoms with Crippen LogP contribution >= 0.6 is 92.2 Å². The van der Waals surface area contributed by atoms with E-state index in [1.54, 1.807) is 131 Å². The van der Waals surface area contributed by atoms with Crippen LogP contribution in [0.25, 0.3) is 21.9 Å². The van der Waals surface area contributed by atoms with E-state index in [0.717, 1.165) is 17.1 Å². The van der Waals surface area contributed by atoms with Gasteiger partial charge in [-0.15, -0.1) is 0 Å². The summed E-state index contributed by atoms with van der Waals surface area (Å²) >= 11 is 37.4. The Bertz CT molecular complexity index is 4660. The number of carbonyl (C=O) groups is 5. The number of para-hydroxylation sites is 3. The molecule has 10 aromatic rings. The monoisotopic (exact) mass is 1680 g/mol. The van der Waals surface area contributed by atoms with Crippen molar-refractivity contribution in [3.63, 3.8) is 0 Å². The standard InChI is InChI=1S/C16H17ClN2O3.C15H15ClN2O3.C15H13ClN2O2.C8H8ClNO2.C8H10ClNO.C7H6ClNO2.C4H7IO2.Li.H2O/c1-4-22-14-12(17)6-5-7-13(14)19-15-11(16(20)21-3)9-8-10(2)18-15;1-3-21-13-11(16)5-4-6-12(13)18-14-10(15(19)20)8-7-9(2)17-14;1-3-20-14-11(16)7-6-9-12(14)18-15-10(13(9)19)5-4-8(2)17-15;1-5-3-4-6(7(9)10-5)8(11)12-2;1-2-11-8-6(9)4-3-5-7(8)10;1-4-2-3-5(7(10)11)6(8)9-4;1-2-7-4(6)3-5;;/h5-9H,4H2,1-3H3,(H,18,19);4-8H,3H2,1-2H3,(H,17,18)(H,19,20);4-7H,3H2,1-2H3,(H,17,18,19);3-4H,1-2H3;3-5H,2,10H2,1H3;2-3H,1H3,(H,10,11);2-3H2,1H3;;1H2/q;;;;;;;+1;/p-1. The number of aromatic nitrogens is 6. The third-order valence-corrected chi connectivity index (χ3v) is 15.6. The molecule has 0 bridgehead atoms.